The van der Waals surface area contributed by atoms with Gasteiger partial charge >= 0.3 is 12.4 Å². The van der Waals surface area contributed by atoms with Gasteiger partial charge in [0, 0.05) is 23.4 Å². The molecular weight excluding hydrogens is 460 g/mol. The Bertz CT molecular complexity index is 1200. The van der Waals surface area contributed by atoms with Crippen molar-refractivity contribution in [1.82, 2.24) is 10.2 Å². The lowest BCUT2D eigenvalue weighted by Crippen LogP contribution is -2.34. The molecule has 0 aliphatic heterocycles. The summed E-state index contributed by atoms with van der Waals surface area (Å²) >= 11 is 0. The van der Waals surface area contributed by atoms with Crippen LogP contribution in [0, 0.1) is 16.7 Å². The van der Waals surface area contributed by atoms with E-state index in [1.165, 1.54) is 12.1 Å². The number of alkyl halides is 6. The summed E-state index contributed by atoms with van der Waals surface area (Å²) < 4.78 is 84.4. The van der Waals surface area contributed by atoms with E-state index in [0.717, 1.165) is 24.3 Å². The lowest BCUT2D eigenvalue weighted by Gasteiger charge is -2.25. The highest BCUT2D eigenvalue weighted by Crippen LogP contribution is 2.39. The third kappa shape index (κ3) is 5.76. The molecule has 172 valence electrons. The van der Waals surface area contributed by atoms with Crippen LogP contribution in [0.15, 0.2) is 46.9 Å². The van der Waals surface area contributed by atoms with Crippen molar-refractivity contribution in [3.8, 4) is 11.5 Å². The minimum atomic E-state index is -4.95. The lowest BCUT2D eigenvalue weighted by molar-refractivity contribution is -0.384. The molecule has 0 unspecified atom stereocenters. The second kappa shape index (κ2) is 8.77. The monoisotopic (exact) mass is 471 g/mol. The Hall–Kier alpha value is -4.15. The summed E-state index contributed by atoms with van der Waals surface area (Å²) in [6.45, 7) is 4.53. The number of hydrogen-bond donors (Lipinski definition) is 0. The van der Waals surface area contributed by atoms with E-state index in [1.54, 1.807) is 0 Å². The third-order valence-electron chi connectivity index (χ3n) is 4.26. The van der Waals surface area contributed by atoms with Gasteiger partial charge in [0.25, 0.3) is 5.69 Å². The summed E-state index contributed by atoms with van der Waals surface area (Å²) in [4.78, 5) is 13.4. The van der Waals surface area contributed by atoms with Crippen molar-refractivity contribution >= 4 is 17.1 Å². The molecule has 1 aromatic heterocycles. The fourth-order valence-electron chi connectivity index (χ4n) is 2.82. The van der Waals surface area contributed by atoms with Gasteiger partial charge in [-0.15, -0.1) is 10.2 Å². The van der Waals surface area contributed by atoms with E-state index in [0.29, 0.717) is 11.0 Å². The first kappa shape index (κ1) is 23.5. The lowest BCUT2D eigenvalue weighted by atomic mass is 10.1. The number of nitro benzene ring substituents is 1. The highest BCUT2D eigenvalue weighted by atomic mass is 19.4. The average molecular weight is 471 g/mol. The van der Waals surface area contributed by atoms with E-state index in [1.807, 2.05) is 0 Å². The fraction of sp³-hybridized carbons (Fsp3) is 0.211. The van der Waals surface area contributed by atoms with Crippen LogP contribution in [0.2, 0.25) is 0 Å². The number of non-ortho nitro benzene ring substituents is 1. The van der Waals surface area contributed by atoms with Crippen LogP contribution in [0.5, 0.6) is 0 Å². The molecule has 3 rings (SSSR count). The Morgan fingerprint density at radius 3 is 2.27 bits per heavy atom. The molecule has 0 spiro atoms. The normalized spacial score (nSPS) is 11.8. The fourth-order valence-corrected chi connectivity index (χ4v) is 2.82. The van der Waals surface area contributed by atoms with Crippen LogP contribution < -0.4 is 4.90 Å². The van der Waals surface area contributed by atoms with E-state index in [-0.39, 0.29) is 23.0 Å². The van der Waals surface area contributed by atoms with Crippen molar-refractivity contribution in [2.75, 3.05) is 11.4 Å². The van der Waals surface area contributed by atoms with Gasteiger partial charge in [-0.1, -0.05) is 6.07 Å². The summed E-state index contributed by atoms with van der Waals surface area (Å²) in [5.74, 6) is -0.485. The van der Waals surface area contributed by atoms with Crippen molar-refractivity contribution in [2.45, 2.75) is 18.9 Å². The second-order valence-corrected chi connectivity index (χ2v) is 6.59. The maximum absolute atomic E-state index is 13.2. The zero-order chi connectivity index (χ0) is 24.4. The number of nitrogens with zero attached hydrogens (tertiary/aromatic N) is 5. The van der Waals surface area contributed by atoms with Gasteiger partial charge in [0.2, 0.25) is 11.8 Å². The maximum atomic E-state index is 13.2. The molecule has 2 aromatic carbocycles. The average Bonchev–Trinajstić information content (AvgIpc) is 3.20. The SMILES string of the molecule is [C-]#[N+]c1ccc(N(Cc2nnc(-c3ccc([N+](=O)[O-])cc3)o2)CC(F)(F)F)cc1C(F)(F)F. The number of benzene rings is 2. The largest absolute Gasteiger partial charge is 0.419 e. The Morgan fingerprint density at radius 1 is 1.06 bits per heavy atom. The van der Waals surface area contributed by atoms with Gasteiger partial charge in [-0.2, -0.15) is 26.3 Å². The molecule has 1 heterocycles. The van der Waals surface area contributed by atoms with Crippen LogP contribution in [0.4, 0.5) is 43.4 Å². The number of anilines is 1. The van der Waals surface area contributed by atoms with Crippen LogP contribution in [0.25, 0.3) is 16.3 Å². The Balaban J connectivity index is 1.92. The van der Waals surface area contributed by atoms with Gasteiger partial charge in [0.15, 0.2) is 5.69 Å². The minimum Gasteiger partial charge on any atom is -0.419 e. The molecule has 0 fully saturated rings. The van der Waals surface area contributed by atoms with E-state index in [2.05, 4.69) is 15.0 Å². The first-order valence-corrected chi connectivity index (χ1v) is 8.85. The Morgan fingerprint density at radius 2 is 1.73 bits per heavy atom. The number of aromatic nitrogens is 2. The molecule has 0 saturated carbocycles. The first-order valence-electron chi connectivity index (χ1n) is 8.85. The molecule has 3 aromatic rings. The zero-order valence-electron chi connectivity index (χ0n) is 16.2. The van der Waals surface area contributed by atoms with E-state index in [9.17, 15) is 36.5 Å². The maximum Gasteiger partial charge on any atom is 0.407 e. The molecule has 0 amide bonds. The Labute approximate surface area is 181 Å². The summed E-state index contributed by atoms with van der Waals surface area (Å²) in [5, 5.41) is 18.0. The van der Waals surface area contributed by atoms with Gasteiger partial charge < -0.3 is 9.32 Å². The molecule has 33 heavy (non-hydrogen) atoms. The van der Waals surface area contributed by atoms with Crippen LogP contribution in [-0.2, 0) is 12.7 Å². The number of nitro groups is 1. The molecule has 0 radical (unpaired) electrons. The zero-order valence-corrected chi connectivity index (χ0v) is 16.2. The molecule has 8 nitrogen and oxygen atoms in total. The van der Waals surface area contributed by atoms with E-state index >= 15 is 0 Å². The molecule has 0 aliphatic rings. The molecule has 0 N–H and O–H groups in total. The molecule has 0 bridgehead atoms. The van der Waals surface area contributed by atoms with Crippen molar-refractivity contribution < 1.29 is 35.7 Å². The standard InChI is InChI=1S/C19H11F6N5O3/c1-26-15-7-6-13(8-14(15)19(23,24)25)29(10-18(20,21)22)9-16-27-28-17(33-16)11-2-4-12(5-3-11)30(31)32/h2-8H,9-10H2. The number of hydrogen-bond acceptors (Lipinski definition) is 6. The topological polar surface area (TPSA) is 89.7 Å². The molecule has 0 aliphatic carbocycles. The predicted octanol–water partition coefficient (Wildman–Crippen LogP) is 5.78. The van der Waals surface area contributed by atoms with Crippen molar-refractivity contribution in [1.29, 1.82) is 0 Å². The van der Waals surface area contributed by atoms with Crippen LogP contribution in [0.1, 0.15) is 11.5 Å². The quantitative estimate of drug-likeness (QED) is 0.196. The van der Waals surface area contributed by atoms with Gasteiger partial charge in [0.1, 0.15) is 6.54 Å². The summed E-state index contributed by atoms with van der Waals surface area (Å²) in [5.41, 5.74) is -2.54. The highest BCUT2D eigenvalue weighted by molar-refractivity contribution is 5.62. The Kier molecular flexibility index (Phi) is 6.25. The summed E-state index contributed by atoms with van der Waals surface area (Å²) in [7, 11) is 0. The van der Waals surface area contributed by atoms with Crippen LogP contribution in [-0.4, -0.2) is 27.8 Å². The van der Waals surface area contributed by atoms with Gasteiger partial charge in [-0.25, -0.2) is 4.85 Å². The van der Waals surface area contributed by atoms with Gasteiger partial charge in [-0.3, -0.25) is 10.1 Å². The van der Waals surface area contributed by atoms with E-state index < -0.39 is 47.3 Å². The molecule has 0 saturated heterocycles. The van der Waals surface area contributed by atoms with Crippen molar-refractivity contribution in [3.05, 3.63) is 75.5 Å². The van der Waals surface area contributed by atoms with Gasteiger partial charge in [0.05, 0.1) is 23.6 Å². The minimum absolute atomic E-state index is 0.147. The van der Waals surface area contributed by atoms with Crippen LogP contribution >= 0.6 is 0 Å². The van der Waals surface area contributed by atoms with E-state index in [4.69, 9.17) is 11.0 Å². The number of halogens is 6. The van der Waals surface area contributed by atoms with Crippen molar-refractivity contribution in [3.63, 3.8) is 0 Å². The van der Waals surface area contributed by atoms with Crippen LogP contribution in [0.3, 0.4) is 0 Å². The first-order chi connectivity index (χ1) is 15.4. The molecular formula is C19H11F6N5O3. The second-order valence-electron chi connectivity index (χ2n) is 6.59. The molecule has 14 heteroatoms. The molecule has 0 atom stereocenters. The summed E-state index contributed by atoms with van der Waals surface area (Å²) in [6, 6.07) is 7.10. The predicted molar refractivity (Wildman–Crippen MR) is 101 cm³/mol. The van der Waals surface area contributed by atoms with Crippen molar-refractivity contribution in [2.24, 2.45) is 0 Å². The van der Waals surface area contributed by atoms with Gasteiger partial charge in [-0.05, 0) is 24.3 Å². The third-order valence-corrected chi connectivity index (χ3v) is 4.26. The smallest absolute Gasteiger partial charge is 0.407 e. The summed E-state index contributed by atoms with van der Waals surface area (Å²) in [6.07, 6.45) is -9.73. The highest BCUT2D eigenvalue weighted by Gasteiger charge is 2.36. The number of rotatable bonds is 6.